The summed E-state index contributed by atoms with van der Waals surface area (Å²) in [6.45, 7) is 2.46. The highest BCUT2D eigenvalue weighted by Gasteiger charge is 2.26. The van der Waals surface area contributed by atoms with Crippen molar-refractivity contribution in [2.24, 2.45) is 7.05 Å². The monoisotopic (exact) mass is 596 g/mol. The van der Waals surface area contributed by atoms with Crippen LogP contribution in [0, 0.1) is 29.9 Å². The second-order valence-electron chi connectivity index (χ2n) is 9.68. The third-order valence-corrected chi connectivity index (χ3v) is 6.73. The maximum absolute atomic E-state index is 14.7. The van der Waals surface area contributed by atoms with E-state index in [9.17, 15) is 28.3 Å². The maximum Gasteiger partial charge on any atom is 0.315 e. The van der Waals surface area contributed by atoms with Crippen molar-refractivity contribution in [2.75, 3.05) is 38.1 Å². The number of amides is 4. The van der Waals surface area contributed by atoms with Crippen LogP contribution < -0.4 is 31.3 Å². The highest BCUT2D eigenvalue weighted by atomic mass is 19.2. The lowest BCUT2D eigenvalue weighted by atomic mass is 10.1. The number of carbonyl (C=O) groups is 3. The number of hydrogen-bond donors (Lipinski definition) is 6. The van der Waals surface area contributed by atoms with Crippen molar-refractivity contribution in [1.29, 1.82) is 5.26 Å². The fourth-order valence-electron chi connectivity index (χ4n) is 4.48. The summed E-state index contributed by atoms with van der Waals surface area (Å²) in [7, 11) is 1.47. The number of aliphatic hydroxyl groups is 1. The number of anilines is 1. The van der Waals surface area contributed by atoms with Gasteiger partial charge >= 0.3 is 6.03 Å². The Morgan fingerprint density at radius 1 is 1.14 bits per heavy atom. The van der Waals surface area contributed by atoms with Gasteiger partial charge in [0.05, 0.1) is 24.0 Å². The summed E-state index contributed by atoms with van der Waals surface area (Å²) in [5.74, 6) is -3.96. The van der Waals surface area contributed by atoms with Gasteiger partial charge in [-0.15, -0.1) is 0 Å². The molecule has 6 N–H and O–H groups in total. The van der Waals surface area contributed by atoms with E-state index in [0.29, 0.717) is 29.9 Å². The van der Waals surface area contributed by atoms with Crippen LogP contribution in [0.5, 0.6) is 5.75 Å². The molecule has 0 saturated carbocycles. The third-order valence-electron chi connectivity index (χ3n) is 6.73. The Labute approximate surface area is 245 Å². The molecule has 0 bridgehead atoms. The molecule has 0 radical (unpaired) electrons. The number of aromatic nitrogens is 2. The normalized spacial score (nSPS) is 15.8. The topological polar surface area (TPSA) is 182 Å². The molecule has 1 fully saturated rings. The predicted molar refractivity (Wildman–Crippen MR) is 150 cm³/mol. The molecule has 4 amide bonds. The number of ether oxygens (including phenoxy) is 1. The number of benzene rings is 2. The number of rotatable bonds is 10. The lowest BCUT2D eigenvalue weighted by Crippen LogP contribution is -2.48. The molecular formula is C28H30F2N8O5. The summed E-state index contributed by atoms with van der Waals surface area (Å²) in [5.41, 5.74) is 1.29. The molecule has 1 saturated heterocycles. The van der Waals surface area contributed by atoms with E-state index in [1.165, 1.54) is 42.1 Å². The van der Waals surface area contributed by atoms with E-state index in [-0.39, 0.29) is 42.1 Å². The summed E-state index contributed by atoms with van der Waals surface area (Å²) < 4.78 is 35.3. The standard InChI is InChI=1S/C28H30F2N8O5/c1-15-11-16(3-4-17(15)26(40)33-8-9-34-28(42)37-19-12-32-14-21(19)39)36-27(41)25-35-13-20(38(25)2)18-5-6-22(43-10-7-31)24(30)23(18)29/h3-6,11,13,19,21,32,39H,8-10,12,14H2,1-2H3,(H,33,40)(H,36,41)(H2,34,37,42)/t19-,21-/m1/s1. The number of nitrogens with zero attached hydrogens (tertiary/aromatic N) is 3. The van der Waals surface area contributed by atoms with Crippen molar-refractivity contribution in [1.82, 2.24) is 30.8 Å². The molecule has 43 heavy (non-hydrogen) atoms. The van der Waals surface area contributed by atoms with E-state index in [0.717, 1.165) is 0 Å². The van der Waals surface area contributed by atoms with Crippen LogP contribution in [0.1, 0.15) is 26.5 Å². The van der Waals surface area contributed by atoms with Gasteiger partial charge < -0.3 is 41.0 Å². The largest absolute Gasteiger partial charge is 0.476 e. The van der Waals surface area contributed by atoms with Gasteiger partial charge in [0.15, 0.2) is 24.0 Å². The van der Waals surface area contributed by atoms with E-state index in [2.05, 4.69) is 31.6 Å². The molecule has 0 unspecified atom stereocenters. The van der Waals surface area contributed by atoms with Gasteiger partial charge in [-0.05, 0) is 42.8 Å². The number of aliphatic hydroxyl groups excluding tert-OH is 1. The first kappa shape index (κ1) is 30.9. The molecule has 4 rings (SSSR count). The molecule has 2 aromatic carbocycles. The number of nitriles is 1. The lowest BCUT2D eigenvalue weighted by Gasteiger charge is -2.16. The number of imidazole rings is 1. The van der Waals surface area contributed by atoms with E-state index in [4.69, 9.17) is 10.00 Å². The van der Waals surface area contributed by atoms with Gasteiger partial charge in [0.1, 0.15) is 6.07 Å². The molecule has 0 aliphatic carbocycles. The highest BCUT2D eigenvalue weighted by molar-refractivity contribution is 6.03. The van der Waals surface area contributed by atoms with Gasteiger partial charge in [0.25, 0.3) is 11.8 Å². The maximum atomic E-state index is 14.7. The molecule has 13 nitrogen and oxygen atoms in total. The van der Waals surface area contributed by atoms with Crippen LogP contribution in [0.2, 0.25) is 0 Å². The number of carbonyl (C=O) groups excluding carboxylic acids is 3. The average Bonchev–Trinajstić information content (AvgIpc) is 3.56. The van der Waals surface area contributed by atoms with E-state index < -0.39 is 42.0 Å². The zero-order valence-electron chi connectivity index (χ0n) is 23.3. The van der Waals surface area contributed by atoms with Crippen molar-refractivity contribution in [3.05, 3.63) is 65.1 Å². The first-order valence-electron chi connectivity index (χ1n) is 13.2. The van der Waals surface area contributed by atoms with Crippen LogP contribution in [0.4, 0.5) is 19.3 Å². The molecule has 15 heteroatoms. The third kappa shape index (κ3) is 7.23. The number of urea groups is 1. The first-order chi connectivity index (χ1) is 20.6. The number of hydrogen-bond acceptors (Lipinski definition) is 8. The van der Waals surface area contributed by atoms with Crippen LogP contribution in [-0.4, -0.2) is 77.4 Å². The highest BCUT2D eigenvalue weighted by Crippen LogP contribution is 2.30. The summed E-state index contributed by atoms with van der Waals surface area (Å²) in [5, 5.41) is 31.9. The molecule has 2 heterocycles. The Balaban J connectivity index is 1.33. The smallest absolute Gasteiger partial charge is 0.315 e. The van der Waals surface area contributed by atoms with Crippen LogP contribution in [0.25, 0.3) is 11.3 Å². The fourth-order valence-corrected chi connectivity index (χ4v) is 4.48. The summed E-state index contributed by atoms with van der Waals surface area (Å²) in [4.78, 5) is 41.6. The molecule has 3 aromatic rings. The first-order valence-corrected chi connectivity index (χ1v) is 13.2. The zero-order valence-corrected chi connectivity index (χ0v) is 23.3. The number of β-amino-alcohol motifs (C(OH)–C–C–N with tert-alkyl or cyclic N) is 1. The summed E-state index contributed by atoms with van der Waals surface area (Å²) >= 11 is 0. The van der Waals surface area contributed by atoms with E-state index >= 15 is 0 Å². The Bertz CT molecular complexity index is 1570. The Hall–Kier alpha value is -5.07. The van der Waals surface area contributed by atoms with Gasteiger partial charge in [-0.1, -0.05) is 0 Å². The Morgan fingerprint density at radius 3 is 2.60 bits per heavy atom. The van der Waals surface area contributed by atoms with Gasteiger partial charge in [0.2, 0.25) is 5.82 Å². The average molecular weight is 597 g/mol. The molecule has 226 valence electrons. The van der Waals surface area contributed by atoms with Crippen LogP contribution in [0.15, 0.2) is 36.5 Å². The molecular weight excluding hydrogens is 566 g/mol. The van der Waals surface area contributed by atoms with Gasteiger partial charge in [0, 0.05) is 50.0 Å². The number of aryl methyl sites for hydroxylation is 1. The van der Waals surface area contributed by atoms with Crippen molar-refractivity contribution in [2.45, 2.75) is 19.1 Å². The predicted octanol–water partition coefficient (Wildman–Crippen LogP) is 1.19. The van der Waals surface area contributed by atoms with Crippen molar-refractivity contribution >= 4 is 23.5 Å². The van der Waals surface area contributed by atoms with Crippen molar-refractivity contribution < 1.29 is 33.0 Å². The van der Waals surface area contributed by atoms with Gasteiger partial charge in [-0.2, -0.15) is 9.65 Å². The minimum atomic E-state index is -1.26. The van der Waals surface area contributed by atoms with Gasteiger partial charge in [-0.25, -0.2) is 14.2 Å². The number of halogens is 2. The van der Waals surface area contributed by atoms with Gasteiger partial charge in [-0.3, -0.25) is 9.59 Å². The van der Waals surface area contributed by atoms with Crippen LogP contribution in [0.3, 0.4) is 0 Å². The second kappa shape index (κ2) is 13.7. The second-order valence-corrected chi connectivity index (χ2v) is 9.68. The number of nitrogens with one attached hydrogen (secondary N) is 5. The van der Waals surface area contributed by atoms with Crippen LogP contribution >= 0.6 is 0 Å². The summed E-state index contributed by atoms with van der Waals surface area (Å²) in [6, 6.07) is 7.97. The molecule has 2 atom stereocenters. The lowest BCUT2D eigenvalue weighted by molar-refractivity contribution is 0.0952. The van der Waals surface area contributed by atoms with Crippen molar-refractivity contribution in [3.63, 3.8) is 0 Å². The SMILES string of the molecule is Cc1cc(NC(=O)c2ncc(-c3ccc(OCC#N)c(F)c3F)n2C)ccc1C(=O)NCCNC(=O)N[C@@H]1CNC[C@H]1O. The van der Waals surface area contributed by atoms with E-state index in [1.807, 2.05) is 0 Å². The Kier molecular flexibility index (Phi) is 9.86. The molecule has 1 aliphatic rings. The minimum absolute atomic E-state index is 0.0747. The zero-order chi connectivity index (χ0) is 31.1. The Morgan fingerprint density at radius 2 is 1.91 bits per heavy atom. The van der Waals surface area contributed by atoms with E-state index in [1.54, 1.807) is 19.1 Å². The minimum Gasteiger partial charge on any atom is -0.476 e. The molecule has 1 aliphatic heterocycles. The quantitative estimate of drug-likeness (QED) is 0.189. The van der Waals surface area contributed by atoms with Crippen molar-refractivity contribution in [3.8, 4) is 23.1 Å². The molecule has 0 spiro atoms. The summed E-state index contributed by atoms with van der Waals surface area (Å²) in [6.07, 6.45) is 0.577. The molecule has 1 aromatic heterocycles. The van der Waals surface area contributed by atoms with Crippen LogP contribution in [-0.2, 0) is 7.05 Å². The fraction of sp³-hybridized carbons (Fsp3) is 0.321.